The number of nitriles is 1. The fraction of sp³-hybridized carbons (Fsp3) is 0.333. The van der Waals surface area contributed by atoms with Crippen LogP contribution in [0.25, 0.3) is 21.0 Å². The average molecular weight is 373 g/mol. The minimum atomic E-state index is 0.592. The summed E-state index contributed by atoms with van der Waals surface area (Å²) in [6, 6.07) is 15.3. The molecule has 0 bridgehead atoms. The zero-order valence-corrected chi connectivity index (χ0v) is 16.8. The first kappa shape index (κ1) is 17.9. The van der Waals surface area contributed by atoms with Crippen LogP contribution in [0.4, 0.5) is 0 Å². The van der Waals surface area contributed by atoms with Crippen LogP contribution in [0.2, 0.25) is 0 Å². The highest BCUT2D eigenvalue weighted by Crippen LogP contribution is 2.38. The first-order valence-electron chi connectivity index (χ1n) is 9.80. The molecule has 0 N–H and O–H groups in total. The summed E-state index contributed by atoms with van der Waals surface area (Å²) in [4.78, 5) is 5.91. The zero-order chi connectivity index (χ0) is 18.8. The Balaban J connectivity index is 1.66. The maximum Gasteiger partial charge on any atom is 0.123 e. The van der Waals surface area contributed by atoms with Crippen LogP contribution in [-0.2, 0) is 19.3 Å². The molecule has 4 rings (SSSR count). The summed E-state index contributed by atoms with van der Waals surface area (Å²) < 4.78 is 0. The molecule has 2 aromatic carbocycles. The van der Waals surface area contributed by atoms with Gasteiger partial charge in [-0.2, -0.15) is 5.26 Å². The van der Waals surface area contributed by atoms with Crippen LogP contribution in [0.3, 0.4) is 0 Å². The third-order valence-corrected chi connectivity index (χ3v) is 6.74. The van der Waals surface area contributed by atoms with Crippen molar-refractivity contribution in [2.24, 2.45) is 5.92 Å². The maximum absolute atomic E-state index is 9.60. The van der Waals surface area contributed by atoms with Gasteiger partial charge in [-0.3, -0.25) is 0 Å². The largest absolute Gasteiger partial charge is 0.244 e. The predicted octanol–water partition coefficient (Wildman–Crippen LogP) is 6.43. The normalized spacial score (nSPS) is 14.0. The number of benzene rings is 2. The molecule has 0 spiro atoms. The lowest BCUT2D eigenvalue weighted by Gasteiger charge is -2.10. The maximum atomic E-state index is 9.60. The Kier molecular flexibility index (Phi) is 5.09. The van der Waals surface area contributed by atoms with Crippen LogP contribution in [-0.4, -0.2) is 4.98 Å². The van der Waals surface area contributed by atoms with Gasteiger partial charge < -0.3 is 0 Å². The van der Waals surface area contributed by atoms with Gasteiger partial charge in [-0.15, -0.1) is 11.3 Å². The quantitative estimate of drug-likeness (QED) is 0.518. The minimum Gasteiger partial charge on any atom is -0.244 e. The van der Waals surface area contributed by atoms with Gasteiger partial charge in [0.05, 0.1) is 16.5 Å². The van der Waals surface area contributed by atoms with Gasteiger partial charge in [0.2, 0.25) is 0 Å². The van der Waals surface area contributed by atoms with Gasteiger partial charge in [0.25, 0.3) is 0 Å². The van der Waals surface area contributed by atoms with Crippen molar-refractivity contribution in [2.75, 3.05) is 0 Å². The molecular weight excluding hydrogens is 348 g/mol. The highest BCUT2D eigenvalue weighted by molar-refractivity contribution is 7.18. The summed E-state index contributed by atoms with van der Waals surface area (Å²) in [5.74, 6) is 0.592. The van der Waals surface area contributed by atoms with Gasteiger partial charge in [-0.05, 0) is 59.9 Å². The highest BCUT2D eigenvalue weighted by Gasteiger charge is 2.17. The van der Waals surface area contributed by atoms with Crippen molar-refractivity contribution < 1.29 is 0 Å². The summed E-state index contributed by atoms with van der Waals surface area (Å²) in [6.45, 7) is 4.43. The lowest BCUT2D eigenvalue weighted by Crippen LogP contribution is -2.00. The van der Waals surface area contributed by atoms with Gasteiger partial charge >= 0.3 is 0 Å². The molecule has 3 heteroatoms. The molecule has 27 heavy (non-hydrogen) atoms. The van der Waals surface area contributed by atoms with Crippen molar-refractivity contribution in [3.8, 4) is 27.1 Å². The van der Waals surface area contributed by atoms with E-state index >= 15 is 0 Å². The molecular formula is C24H24N2S. The number of aryl methyl sites for hydroxylation is 1. The monoisotopic (exact) mass is 372 g/mol. The molecule has 136 valence electrons. The second kappa shape index (κ2) is 7.66. The molecule has 0 fully saturated rings. The van der Waals surface area contributed by atoms with E-state index in [-0.39, 0.29) is 0 Å². The van der Waals surface area contributed by atoms with Gasteiger partial charge in [0.1, 0.15) is 5.01 Å². The Bertz CT molecular complexity index is 1010. The lowest BCUT2D eigenvalue weighted by molar-refractivity contribution is 0.560. The van der Waals surface area contributed by atoms with Crippen LogP contribution in [0.5, 0.6) is 0 Å². The molecule has 3 aromatic rings. The van der Waals surface area contributed by atoms with E-state index in [9.17, 15) is 5.26 Å². The standard InChI is InChI=1S/C24H24N2S/c1-3-16(2)12-18-10-11-19(13-20(18)14-25)24-26-15-23(27-24)22-9-5-7-17-6-4-8-21(17)22/h5,7,9-11,13,15-16H,3-4,6,8,12H2,1-2H3. The molecule has 0 saturated heterocycles. The summed E-state index contributed by atoms with van der Waals surface area (Å²) in [5.41, 5.74) is 7.29. The Labute approximate surface area is 165 Å². The smallest absolute Gasteiger partial charge is 0.123 e. The first-order chi connectivity index (χ1) is 13.2. The Morgan fingerprint density at radius 3 is 2.93 bits per heavy atom. The van der Waals surface area contributed by atoms with E-state index in [4.69, 9.17) is 0 Å². The molecule has 2 nitrogen and oxygen atoms in total. The van der Waals surface area contributed by atoms with Crippen LogP contribution >= 0.6 is 11.3 Å². The summed E-state index contributed by atoms with van der Waals surface area (Å²) in [5, 5.41) is 10.6. The van der Waals surface area contributed by atoms with Gasteiger partial charge in [0, 0.05) is 11.8 Å². The molecule has 0 amide bonds. The minimum absolute atomic E-state index is 0.592. The number of nitrogens with zero attached hydrogens (tertiary/aromatic N) is 2. The molecule has 1 aliphatic rings. The van der Waals surface area contributed by atoms with Gasteiger partial charge in [-0.25, -0.2) is 4.98 Å². The molecule has 0 aliphatic heterocycles. The van der Waals surface area contributed by atoms with Gasteiger partial charge in [-0.1, -0.05) is 50.6 Å². The Morgan fingerprint density at radius 2 is 2.11 bits per heavy atom. The number of fused-ring (bicyclic) bond motifs is 1. The number of hydrogen-bond acceptors (Lipinski definition) is 3. The van der Waals surface area contributed by atoms with Crippen molar-refractivity contribution >= 4 is 11.3 Å². The number of thiazole rings is 1. The molecule has 1 aromatic heterocycles. The van der Waals surface area contributed by atoms with Crippen LogP contribution in [0.15, 0.2) is 42.6 Å². The Hall–Kier alpha value is -2.44. The van der Waals surface area contributed by atoms with Crippen LogP contribution < -0.4 is 0 Å². The van der Waals surface area contributed by atoms with E-state index in [1.165, 1.54) is 40.8 Å². The van der Waals surface area contributed by atoms with E-state index in [0.717, 1.165) is 34.5 Å². The Morgan fingerprint density at radius 1 is 1.22 bits per heavy atom. The van der Waals surface area contributed by atoms with Crippen molar-refractivity contribution in [3.63, 3.8) is 0 Å². The highest BCUT2D eigenvalue weighted by atomic mass is 32.1. The fourth-order valence-corrected chi connectivity index (χ4v) is 4.86. The van der Waals surface area contributed by atoms with E-state index < -0.39 is 0 Å². The third-order valence-electron chi connectivity index (χ3n) is 5.66. The van der Waals surface area contributed by atoms with E-state index in [0.29, 0.717) is 5.92 Å². The molecule has 1 aliphatic carbocycles. The van der Waals surface area contributed by atoms with Crippen molar-refractivity contribution in [3.05, 3.63) is 64.8 Å². The molecule has 1 heterocycles. The first-order valence-corrected chi connectivity index (χ1v) is 10.6. The number of rotatable bonds is 5. The van der Waals surface area contributed by atoms with Crippen molar-refractivity contribution in [1.82, 2.24) is 4.98 Å². The van der Waals surface area contributed by atoms with Crippen molar-refractivity contribution in [2.45, 2.75) is 46.0 Å². The third kappa shape index (κ3) is 3.55. The lowest BCUT2D eigenvalue weighted by atomic mass is 9.94. The predicted molar refractivity (Wildman–Crippen MR) is 113 cm³/mol. The van der Waals surface area contributed by atoms with Crippen LogP contribution in [0.1, 0.15) is 48.9 Å². The van der Waals surface area contributed by atoms with E-state index in [2.05, 4.69) is 55.2 Å². The summed E-state index contributed by atoms with van der Waals surface area (Å²) in [6.07, 6.45) is 7.69. The number of aromatic nitrogens is 1. The molecule has 1 atom stereocenters. The average Bonchev–Trinajstić information content (AvgIpc) is 3.37. The summed E-state index contributed by atoms with van der Waals surface area (Å²) >= 11 is 1.73. The summed E-state index contributed by atoms with van der Waals surface area (Å²) in [7, 11) is 0. The SMILES string of the molecule is CCC(C)Cc1ccc(-c2ncc(-c3cccc4c3CCC4)s2)cc1C#N. The van der Waals surface area contributed by atoms with Crippen molar-refractivity contribution in [1.29, 1.82) is 5.26 Å². The zero-order valence-electron chi connectivity index (χ0n) is 16.0. The number of hydrogen-bond donors (Lipinski definition) is 0. The van der Waals surface area contributed by atoms with Crippen LogP contribution in [0, 0.1) is 17.2 Å². The molecule has 0 radical (unpaired) electrons. The molecule has 0 saturated carbocycles. The van der Waals surface area contributed by atoms with E-state index in [1.54, 1.807) is 11.3 Å². The molecule has 1 unspecified atom stereocenters. The fourth-order valence-electron chi connectivity index (χ4n) is 3.89. The second-order valence-electron chi connectivity index (χ2n) is 7.53. The van der Waals surface area contributed by atoms with E-state index in [1.807, 2.05) is 12.3 Å². The topological polar surface area (TPSA) is 36.7 Å². The second-order valence-corrected chi connectivity index (χ2v) is 8.56. The van der Waals surface area contributed by atoms with Gasteiger partial charge in [0.15, 0.2) is 0 Å².